The first-order chi connectivity index (χ1) is 18.9. The Morgan fingerprint density at radius 3 is 2.45 bits per heavy atom. The molecule has 1 aromatic heterocycles. The molecule has 214 valence electrons. The number of hydrogen-bond donors (Lipinski definition) is 2. The number of carboxylic acid groups (broad SMARTS) is 1. The molecule has 0 amide bonds. The van der Waals surface area contributed by atoms with Crippen molar-refractivity contribution in [3.63, 3.8) is 0 Å². The van der Waals surface area contributed by atoms with Crippen molar-refractivity contribution in [2.75, 3.05) is 26.7 Å². The average Bonchev–Trinajstić information content (AvgIpc) is 3.26. The van der Waals surface area contributed by atoms with Crippen LogP contribution in [0.3, 0.4) is 0 Å². The van der Waals surface area contributed by atoms with Crippen LogP contribution in [-0.2, 0) is 17.4 Å². The van der Waals surface area contributed by atoms with Gasteiger partial charge >= 0.3 is 12.1 Å². The van der Waals surface area contributed by atoms with Gasteiger partial charge in [-0.25, -0.2) is 0 Å². The largest absolute Gasteiger partial charge is 0.493 e. The molecule has 1 saturated heterocycles. The summed E-state index contributed by atoms with van der Waals surface area (Å²) in [6.07, 6.45) is -2.69. The maximum absolute atomic E-state index is 14.4. The number of ether oxygens (including phenoxy) is 2. The van der Waals surface area contributed by atoms with Crippen LogP contribution in [-0.4, -0.2) is 64.7 Å². The number of carbonyl (C=O) groups is 1. The molecule has 11 heteroatoms. The number of aromatic nitrogens is 1. The first kappa shape index (κ1) is 29.2. The summed E-state index contributed by atoms with van der Waals surface area (Å²) in [6, 6.07) is 11.4. The van der Waals surface area contributed by atoms with Gasteiger partial charge in [0.15, 0.2) is 11.5 Å². The van der Waals surface area contributed by atoms with Gasteiger partial charge in [0.25, 0.3) is 0 Å². The predicted octanol–water partition coefficient (Wildman–Crippen LogP) is 4.93. The fraction of sp³-hybridized carbons (Fsp3) is 0.448. The normalized spacial score (nSPS) is 17.2. The minimum absolute atomic E-state index is 0.239. The summed E-state index contributed by atoms with van der Waals surface area (Å²) in [6.45, 7) is 1.68. The number of aliphatic carboxylic acids is 1. The van der Waals surface area contributed by atoms with E-state index < -0.39 is 30.2 Å². The molecule has 8 nitrogen and oxygen atoms in total. The highest BCUT2D eigenvalue weighted by Gasteiger charge is 2.57. The number of piperidine rings is 1. The predicted molar refractivity (Wildman–Crippen MR) is 141 cm³/mol. The number of likely N-dealkylation sites (tertiary alicyclic amines) is 1. The van der Waals surface area contributed by atoms with Gasteiger partial charge in [0, 0.05) is 49.3 Å². The van der Waals surface area contributed by atoms with E-state index in [-0.39, 0.29) is 30.1 Å². The molecule has 0 aliphatic carbocycles. The zero-order chi connectivity index (χ0) is 29.2. The average molecular weight is 560 g/mol. The van der Waals surface area contributed by atoms with Crippen LogP contribution in [0.1, 0.15) is 48.8 Å². The van der Waals surface area contributed by atoms with Gasteiger partial charge < -0.3 is 24.3 Å². The van der Waals surface area contributed by atoms with Crippen LogP contribution in [0.15, 0.2) is 42.6 Å². The molecule has 1 fully saturated rings. The SMILES string of the molecule is CCC(C(=O)O)c1ccc(OC2CCN(CC(O)(c3cn(C)c4cc(C#N)ccc34)C(F)(F)F)CC2)c(OC)c1. The number of nitriles is 1. The van der Waals surface area contributed by atoms with Crippen molar-refractivity contribution < 1.29 is 37.7 Å². The molecular weight excluding hydrogens is 527 g/mol. The number of aryl methyl sites for hydroxylation is 1. The van der Waals surface area contributed by atoms with Crippen LogP contribution in [0.2, 0.25) is 0 Å². The van der Waals surface area contributed by atoms with Crippen molar-refractivity contribution >= 4 is 16.9 Å². The molecule has 0 radical (unpaired) electrons. The van der Waals surface area contributed by atoms with Gasteiger partial charge in [-0.05, 0) is 49.1 Å². The molecule has 2 atom stereocenters. The van der Waals surface area contributed by atoms with Crippen LogP contribution < -0.4 is 9.47 Å². The fourth-order valence-electron chi connectivity index (χ4n) is 5.35. The minimum atomic E-state index is -4.94. The van der Waals surface area contributed by atoms with Crippen molar-refractivity contribution in [3.05, 3.63) is 59.3 Å². The standard InChI is InChI=1S/C29H32F3N3O5/c1-4-21(27(36)37)19-6-8-25(26(14-19)39-3)40-20-9-11-35(12-10-20)17-28(38,29(30,31)32)23-16-34(2)24-13-18(15-33)5-7-22(23)24/h5-8,13-14,16,20-21,38H,4,9-12,17H2,1-3H3,(H,36,37). The number of alkyl halides is 3. The van der Waals surface area contributed by atoms with E-state index in [2.05, 4.69) is 0 Å². The third-order valence-corrected chi connectivity index (χ3v) is 7.61. The Hall–Kier alpha value is -3.75. The minimum Gasteiger partial charge on any atom is -0.493 e. The first-order valence-corrected chi connectivity index (χ1v) is 13.0. The van der Waals surface area contributed by atoms with Gasteiger partial charge in [0.1, 0.15) is 6.10 Å². The molecule has 0 bridgehead atoms. The zero-order valence-electron chi connectivity index (χ0n) is 22.5. The second-order valence-electron chi connectivity index (χ2n) is 10.2. The van der Waals surface area contributed by atoms with E-state index in [0.717, 1.165) is 0 Å². The van der Waals surface area contributed by atoms with Crippen molar-refractivity contribution in [1.29, 1.82) is 5.26 Å². The van der Waals surface area contributed by atoms with Crippen molar-refractivity contribution in [2.45, 2.75) is 50.0 Å². The van der Waals surface area contributed by atoms with Crippen molar-refractivity contribution in [1.82, 2.24) is 9.47 Å². The molecule has 2 aromatic carbocycles. The molecule has 0 spiro atoms. The van der Waals surface area contributed by atoms with Crippen LogP contribution in [0.5, 0.6) is 11.5 Å². The first-order valence-electron chi connectivity index (χ1n) is 13.0. The Labute approximate surface area is 230 Å². The van der Waals surface area contributed by atoms with Crippen LogP contribution in [0, 0.1) is 11.3 Å². The molecule has 4 rings (SSSR count). The Kier molecular flexibility index (Phi) is 8.33. The Bertz CT molecular complexity index is 1420. The van der Waals surface area contributed by atoms with Gasteiger partial charge in [-0.2, -0.15) is 18.4 Å². The van der Waals surface area contributed by atoms with Crippen LogP contribution in [0.4, 0.5) is 13.2 Å². The lowest BCUT2D eigenvalue weighted by molar-refractivity contribution is -0.272. The summed E-state index contributed by atoms with van der Waals surface area (Å²) >= 11 is 0. The van der Waals surface area contributed by atoms with E-state index in [0.29, 0.717) is 47.4 Å². The Balaban J connectivity index is 1.49. The van der Waals surface area contributed by atoms with E-state index in [9.17, 15) is 33.4 Å². The Morgan fingerprint density at radius 2 is 1.88 bits per heavy atom. The monoisotopic (exact) mass is 559 g/mol. The fourth-order valence-corrected chi connectivity index (χ4v) is 5.35. The lowest BCUT2D eigenvalue weighted by Gasteiger charge is -2.39. The molecule has 0 saturated carbocycles. The second-order valence-corrected chi connectivity index (χ2v) is 10.2. The lowest BCUT2D eigenvalue weighted by Crippen LogP contribution is -2.53. The van der Waals surface area contributed by atoms with Gasteiger partial charge in [0.05, 0.1) is 24.7 Å². The second kappa shape index (κ2) is 11.4. The zero-order valence-corrected chi connectivity index (χ0v) is 22.5. The molecule has 2 N–H and O–H groups in total. The van der Waals surface area contributed by atoms with E-state index in [1.54, 1.807) is 37.1 Å². The molecule has 2 heterocycles. The maximum atomic E-state index is 14.4. The quantitative estimate of drug-likeness (QED) is 0.383. The number of benzene rings is 2. The molecule has 1 aliphatic rings. The number of fused-ring (bicyclic) bond motifs is 1. The third kappa shape index (κ3) is 5.60. The lowest BCUT2D eigenvalue weighted by atomic mass is 9.90. The summed E-state index contributed by atoms with van der Waals surface area (Å²) in [4.78, 5) is 13.1. The topological polar surface area (TPSA) is 108 Å². The number of carboxylic acids is 1. The summed E-state index contributed by atoms with van der Waals surface area (Å²) in [7, 11) is 3.04. The van der Waals surface area contributed by atoms with Crippen LogP contribution >= 0.6 is 0 Å². The number of methoxy groups -OCH3 is 1. The van der Waals surface area contributed by atoms with Gasteiger partial charge in [-0.15, -0.1) is 0 Å². The molecule has 3 aromatic rings. The maximum Gasteiger partial charge on any atom is 0.422 e. The number of aliphatic hydroxyl groups is 1. The Morgan fingerprint density at radius 1 is 1.18 bits per heavy atom. The van der Waals surface area contributed by atoms with Crippen molar-refractivity contribution in [3.8, 4) is 17.6 Å². The highest BCUT2D eigenvalue weighted by atomic mass is 19.4. The van der Waals surface area contributed by atoms with Gasteiger partial charge in [0.2, 0.25) is 5.60 Å². The van der Waals surface area contributed by atoms with Gasteiger partial charge in [-0.1, -0.05) is 19.1 Å². The van der Waals surface area contributed by atoms with Crippen molar-refractivity contribution in [2.24, 2.45) is 7.05 Å². The highest BCUT2D eigenvalue weighted by molar-refractivity contribution is 5.86. The summed E-state index contributed by atoms with van der Waals surface area (Å²) in [5, 5.41) is 30.0. The van der Waals surface area contributed by atoms with E-state index >= 15 is 0 Å². The molecule has 1 aliphatic heterocycles. The van der Waals surface area contributed by atoms with E-state index in [1.165, 1.54) is 36.1 Å². The van der Waals surface area contributed by atoms with Gasteiger partial charge in [-0.3, -0.25) is 9.69 Å². The smallest absolute Gasteiger partial charge is 0.422 e. The summed E-state index contributed by atoms with van der Waals surface area (Å²) in [5.74, 6) is -0.778. The summed E-state index contributed by atoms with van der Waals surface area (Å²) < 4.78 is 56.3. The highest BCUT2D eigenvalue weighted by Crippen LogP contribution is 2.43. The number of halogens is 3. The number of rotatable bonds is 9. The molecule has 2 unspecified atom stereocenters. The van der Waals surface area contributed by atoms with E-state index in [4.69, 9.17) is 9.47 Å². The number of β-amino-alcohol motifs (C(OH)–C–C–N with tert-alkyl or cyclic N) is 1. The van der Waals surface area contributed by atoms with Crippen LogP contribution in [0.25, 0.3) is 10.9 Å². The number of hydrogen-bond acceptors (Lipinski definition) is 6. The summed E-state index contributed by atoms with van der Waals surface area (Å²) in [5.41, 5.74) is -2.03. The van der Waals surface area contributed by atoms with E-state index in [1.807, 2.05) is 6.07 Å². The molecular formula is C29H32F3N3O5. The molecule has 40 heavy (non-hydrogen) atoms. The number of nitrogens with zero attached hydrogens (tertiary/aromatic N) is 3. The third-order valence-electron chi connectivity index (χ3n) is 7.61.